The summed E-state index contributed by atoms with van der Waals surface area (Å²) >= 11 is 0. The lowest BCUT2D eigenvalue weighted by Gasteiger charge is -2.22. The molecule has 5 heteroatoms. The van der Waals surface area contributed by atoms with Crippen LogP contribution >= 0.6 is 0 Å². The lowest BCUT2D eigenvalue weighted by atomic mass is 10.1. The van der Waals surface area contributed by atoms with E-state index >= 15 is 0 Å². The van der Waals surface area contributed by atoms with E-state index in [0.717, 1.165) is 30.8 Å². The molecule has 108 valence electrons. The van der Waals surface area contributed by atoms with Gasteiger partial charge in [0.2, 0.25) is 5.88 Å². The topological polar surface area (TPSA) is 56.3 Å². The second kappa shape index (κ2) is 7.28. The van der Waals surface area contributed by atoms with E-state index < -0.39 is 0 Å². The lowest BCUT2D eigenvalue weighted by Crippen LogP contribution is -2.25. The molecule has 0 aromatic carbocycles. The third-order valence-electron chi connectivity index (χ3n) is 3.08. The summed E-state index contributed by atoms with van der Waals surface area (Å²) in [5.41, 5.74) is 0.774. The Morgan fingerprint density at radius 3 is 2.68 bits per heavy atom. The molecule has 1 N–H and O–H groups in total. The molecule has 1 aromatic rings. The monoisotopic (exact) mass is 267 g/mol. The summed E-state index contributed by atoms with van der Waals surface area (Å²) < 4.78 is 11.1. The van der Waals surface area contributed by atoms with Crippen LogP contribution in [0.2, 0.25) is 0 Å². The number of nitrogens with one attached hydrogen (secondary N) is 1. The minimum Gasteiger partial charge on any atom is -0.477 e. The van der Waals surface area contributed by atoms with Crippen LogP contribution in [0, 0.1) is 6.92 Å². The molecule has 19 heavy (non-hydrogen) atoms. The van der Waals surface area contributed by atoms with Crippen LogP contribution in [-0.4, -0.2) is 35.8 Å². The normalized spacial score (nSPS) is 11.4. The Morgan fingerprint density at radius 1 is 1.32 bits per heavy atom. The van der Waals surface area contributed by atoms with Crippen LogP contribution in [0.5, 0.6) is 5.88 Å². The van der Waals surface area contributed by atoms with Gasteiger partial charge in [0, 0.05) is 20.1 Å². The van der Waals surface area contributed by atoms with E-state index in [0.29, 0.717) is 12.5 Å². The molecule has 1 heterocycles. The molecule has 0 amide bonds. The Balaban J connectivity index is 2.59. The molecule has 5 nitrogen and oxygen atoms in total. The van der Waals surface area contributed by atoms with Crippen molar-refractivity contribution in [3.63, 3.8) is 0 Å². The molecule has 0 unspecified atom stereocenters. The third-order valence-corrected chi connectivity index (χ3v) is 3.08. The van der Waals surface area contributed by atoms with Gasteiger partial charge in [-0.25, -0.2) is 9.97 Å². The number of hydrogen-bond acceptors (Lipinski definition) is 5. The second-order valence-electron chi connectivity index (χ2n) is 5.14. The van der Waals surface area contributed by atoms with Crippen molar-refractivity contribution in [1.29, 1.82) is 0 Å². The summed E-state index contributed by atoms with van der Waals surface area (Å²) in [6.45, 7) is 9.64. The average Bonchev–Trinajstić information content (AvgIpc) is 2.39. The summed E-state index contributed by atoms with van der Waals surface area (Å²) in [5, 5.41) is 3.27. The van der Waals surface area contributed by atoms with Gasteiger partial charge in [0.25, 0.3) is 0 Å². The third kappa shape index (κ3) is 5.03. The summed E-state index contributed by atoms with van der Waals surface area (Å²) in [6, 6.07) is 0. The highest BCUT2D eigenvalue weighted by atomic mass is 16.5. The molecule has 0 aliphatic carbocycles. The summed E-state index contributed by atoms with van der Waals surface area (Å²) in [5.74, 6) is 1.48. The van der Waals surface area contributed by atoms with E-state index in [2.05, 4.69) is 22.2 Å². The summed E-state index contributed by atoms with van der Waals surface area (Å²) in [6.07, 6.45) is 3.40. The van der Waals surface area contributed by atoms with Crippen LogP contribution in [0.1, 0.15) is 39.2 Å². The number of ether oxygens (including phenoxy) is 2. The van der Waals surface area contributed by atoms with Crippen molar-refractivity contribution in [2.45, 2.75) is 46.1 Å². The molecule has 0 spiro atoms. The average molecular weight is 267 g/mol. The predicted octanol–water partition coefficient (Wildman–Crippen LogP) is 2.80. The Hall–Kier alpha value is -1.36. The minimum atomic E-state index is -0.176. The fourth-order valence-electron chi connectivity index (χ4n) is 1.50. The first-order valence-electron chi connectivity index (χ1n) is 6.73. The molecule has 1 rings (SSSR count). The minimum absolute atomic E-state index is 0.176. The second-order valence-corrected chi connectivity index (χ2v) is 5.14. The van der Waals surface area contributed by atoms with Gasteiger partial charge < -0.3 is 14.8 Å². The van der Waals surface area contributed by atoms with Crippen LogP contribution in [-0.2, 0) is 4.74 Å². The van der Waals surface area contributed by atoms with E-state index in [4.69, 9.17) is 9.47 Å². The van der Waals surface area contributed by atoms with E-state index in [1.54, 1.807) is 7.11 Å². The standard InChI is InChI=1S/C14H25N3O2/c1-6-8-15-12-11(2)13(17-10-16-12)19-9-7-14(3,4)18-5/h10H,6-9H2,1-5H3,(H,15,16,17). The summed E-state index contributed by atoms with van der Waals surface area (Å²) in [7, 11) is 1.71. The van der Waals surface area contributed by atoms with Crippen molar-refractivity contribution in [1.82, 2.24) is 9.97 Å². The van der Waals surface area contributed by atoms with Crippen LogP contribution < -0.4 is 10.1 Å². The van der Waals surface area contributed by atoms with Gasteiger partial charge in [0.05, 0.1) is 17.8 Å². The molecular weight excluding hydrogens is 242 g/mol. The van der Waals surface area contributed by atoms with Gasteiger partial charge in [-0.1, -0.05) is 6.92 Å². The van der Waals surface area contributed by atoms with Gasteiger partial charge in [-0.05, 0) is 27.2 Å². The highest BCUT2D eigenvalue weighted by Crippen LogP contribution is 2.21. The zero-order valence-corrected chi connectivity index (χ0v) is 12.6. The number of hydrogen-bond donors (Lipinski definition) is 1. The molecule has 0 bridgehead atoms. The molecule has 0 atom stereocenters. The predicted molar refractivity (Wildman–Crippen MR) is 76.7 cm³/mol. The van der Waals surface area contributed by atoms with Gasteiger partial charge in [0.1, 0.15) is 12.1 Å². The molecule has 0 radical (unpaired) electrons. The molecule has 0 aliphatic rings. The molecule has 1 aromatic heterocycles. The van der Waals surface area contributed by atoms with Gasteiger partial charge >= 0.3 is 0 Å². The molecule has 0 saturated heterocycles. The van der Waals surface area contributed by atoms with Crippen molar-refractivity contribution in [2.24, 2.45) is 0 Å². The van der Waals surface area contributed by atoms with Crippen molar-refractivity contribution in [3.05, 3.63) is 11.9 Å². The highest BCUT2D eigenvalue weighted by Gasteiger charge is 2.17. The number of rotatable bonds is 8. The van der Waals surface area contributed by atoms with E-state index in [1.807, 2.05) is 20.8 Å². The van der Waals surface area contributed by atoms with Crippen molar-refractivity contribution in [3.8, 4) is 5.88 Å². The smallest absolute Gasteiger partial charge is 0.221 e. The Bertz CT molecular complexity index is 394. The van der Waals surface area contributed by atoms with E-state index in [1.165, 1.54) is 6.33 Å². The van der Waals surface area contributed by atoms with Crippen LogP contribution in [0.3, 0.4) is 0 Å². The maximum Gasteiger partial charge on any atom is 0.221 e. The Morgan fingerprint density at radius 2 is 2.05 bits per heavy atom. The molecule has 0 aliphatic heterocycles. The first-order chi connectivity index (χ1) is 9.00. The van der Waals surface area contributed by atoms with Gasteiger partial charge in [-0.2, -0.15) is 0 Å². The molecular formula is C14H25N3O2. The van der Waals surface area contributed by atoms with Gasteiger partial charge in [-0.3, -0.25) is 0 Å². The van der Waals surface area contributed by atoms with Crippen molar-refractivity contribution < 1.29 is 9.47 Å². The van der Waals surface area contributed by atoms with Gasteiger partial charge in [-0.15, -0.1) is 0 Å². The van der Waals surface area contributed by atoms with Crippen molar-refractivity contribution >= 4 is 5.82 Å². The SMILES string of the molecule is CCCNc1ncnc(OCCC(C)(C)OC)c1C. The first-order valence-corrected chi connectivity index (χ1v) is 6.73. The number of nitrogens with zero attached hydrogens (tertiary/aromatic N) is 2. The quantitative estimate of drug-likeness (QED) is 0.785. The number of methoxy groups -OCH3 is 1. The maximum absolute atomic E-state index is 5.72. The molecule has 0 fully saturated rings. The largest absolute Gasteiger partial charge is 0.477 e. The fourth-order valence-corrected chi connectivity index (χ4v) is 1.50. The lowest BCUT2D eigenvalue weighted by molar-refractivity contribution is 0.00502. The zero-order valence-electron chi connectivity index (χ0n) is 12.6. The first kappa shape index (κ1) is 15.7. The summed E-state index contributed by atoms with van der Waals surface area (Å²) in [4.78, 5) is 8.40. The molecule has 0 saturated carbocycles. The highest BCUT2D eigenvalue weighted by molar-refractivity contribution is 5.47. The van der Waals surface area contributed by atoms with E-state index in [9.17, 15) is 0 Å². The fraction of sp³-hybridized carbons (Fsp3) is 0.714. The number of anilines is 1. The van der Waals surface area contributed by atoms with Crippen LogP contribution in [0.15, 0.2) is 6.33 Å². The van der Waals surface area contributed by atoms with Crippen molar-refractivity contribution in [2.75, 3.05) is 25.6 Å². The maximum atomic E-state index is 5.72. The number of aromatic nitrogens is 2. The van der Waals surface area contributed by atoms with Crippen LogP contribution in [0.25, 0.3) is 0 Å². The van der Waals surface area contributed by atoms with Crippen LogP contribution in [0.4, 0.5) is 5.82 Å². The zero-order chi connectivity index (χ0) is 14.3. The van der Waals surface area contributed by atoms with Gasteiger partial charge in [0.15, 0.2) is 0 Å². The Labute approximate surface area is 115 Å². The Kier molecular flexibility index (Phi) is 6.02. The van der Waals surface area contributed by atoms with E-state index in [-0.39, 0.29) is 5.60 Å².